The fourth-order valence-corrected chi connectivity index (χ4v) is 6.08. The quantitative estimate of drug-likeness (QED) is 0.792. The van der Waals surface area contributed by atoms with Crippen molar-refractivity contribution in [1.29, 1.82) is 0 Å². The van der Waals surface area contributed by atoms with E-state index < -0.39 is 25.9 Å². The third kappa shape index (κ3) is 3.09. The lowest BCUT2D eigenvalue weighted by Crippen LogP contribution is -2.35. The van der Waals surface area contributed by atoms with Gasteiger partial charge in [0.2, 0.25) is 10.0 Å². The fourth-order valence-electron chi connectivity index (χ4n) is 1.78. The van der Waals surface area contributed by atoms with Crippen LogP contribution in [0.25, 0.3) is 0 Å². The van der Waals surface area contributed by atoms with E-state index in [0.717, 1.165) is 16.2 Å². The number of hydrogen-bond donors (Lipinski definition) is 2. The molecule has 1 aliphatic heterocycles. The number of nitrogens with two attached hydrogens (primary N) is 1. The molecule has 2 heterocycles. The van der Waals surface area contributed by atoms with E-state index in [9.17, 15) is 16.8 Å². The highest BCUT2D eigenvalue weighted by Crippen LogP contribution is 2.22. The Morgan fingerprint density at radius 2 is 2.17 bits per heavy atom. The second kappa shape index (κ2) is 4.89. The third-order valence-electron chi connectivity index (χ3n) is 2.66. The smallest absolute Gasteiger partial charge is 0.250 e. The van der Waals surface area contributed by atoms with Gasteiger partial charge in [-0.15, -0.1) is 11.3 Å². The zero-order valence-electron chi connectivity index (χ0n) is 9.50. The number of sulfone groups is 1. The van der Waals surface area contributed by atoms with Crippen LogP contribution < -0.4 is 10.5 Å². The molecule has 102 valence electrons. The molecule has 3 N–H and O–H groups in total. The number of sulfonamides is 1. The Morgan fingerprint density at radius 1 is 1.44 bits per heavy atom. The van der Waals surface area contributed by atoms with Gasteiger partial charge in [0, 0.05) is 17.5 Å². The molecule has 9 heteroatoms. The summed E-state index contributed by atoms with van der Waals surface area (Å²) in [6.07, 6.45) is 0.330. The summed E-state index contributed by atoms with van der Waals surface area (Å²) in [7, 11) is -6.73. The molecule has 0 spiro atoms. The van der Waals surface area contributed by atoms with Crippen molar-refractivity contribution < 1.29 is 16.8 Å². The Kier molecular flexibility index (Phi) is 3.79. The van der Waals surface area contributed by atoms with E-state index in [1.54, 1.807) is 6.07 Å². The first kappa shape index (κ1) is 13.9. The minimum atomic E-state index is -3.63. The van der Waals surface area contributed by atoms with E-state index in [2.05, 4.69) is 4.72 Å². The molecule has 0 radical (unpaired) electrons. The van der Waals surface area contributed by atoms with Crippen LogP contribution >= 0.6 is 11.3 Å². The summed E-state index contributed by atoms with van der Waals surface area (Å²) in [5, 5.41) is 0. The Labute approximate surface area is 110 Å². The van der Waals surface area contributed by atoms with Gasteiger partial charge in [0.15, 0.2) is 9.84 Å². The van der Waals surface area contributed by atoms with E-state index in [1.807, 2.05) is 0 Å². The molecule has 6 nitrogen and oxygen atoms in total. The standard InChI is InChI=1S/C9H14N2O4S3/c10-5-8-1-2-9(16-8)18(14,15)11-7-3-4-17(12,13)6-7/h1-2,7,11H,3-6,10H2. The first-order chi connectivity index (χ1) is 8.32. The molecule has 1 aromatic rings. The topological polar surface area (TPSA) is 106 Å². The molecular formula is C9H14N2O4S3. The third-order valence-corrected chi connectivity index (χ3v) is 7.55. The van der Waals surface area contributed by atoms with Crippen LogP contribution in [0.5, 0.6) is 0 Å². The van der Waals surface area contributed by atoms with Crippen molar-refractivity contribution in [2.45, 2.75) is 23.2 Å². The summed E-state index contributed by atoms with van der Waals surface area (Å²) >= 11 is 1.10. The molecule has 1 saturated heterocycles. The molecule has 1 unspecified atom stereocenters. The van der Waals surface area contributed by atoms with Gasteiger partial charge in [0.25, 0.3) is 0 Å². The number of thiophene rings is 1. The van der Waals surface area contributed by atoms with Crippen molar-refractivity contribution in [2.75, 3.05) is 11.5 Å². The van der Waals surface area contributed by atoms with Crippen LogP contribution in [0, 0.1) is 0 Å². The maximum Gasteiger partial charge on any atom is 0.250 e. The average molecular weight is 310 g/mol. The zero-order valence-corrected chi connectivity index (χ0v) is 11.9. The summed E-state index contributed by atoms with van der Waals surface area (Å²) in [6, 6.07) is 2.62. The van der Waals surface area contributed by atoms with Gasteiger partial charge in [-0.2, -0.15) is 0 Å². The van der Waals surface area contributed by atoms with Crippen LogP contribution in [-0.2, 0) is 26.4 Å². The highest BCUT2D eigenvalue weighted by Gasteiger charge is 2.31. The molecule has 1 aliphatic rings. The zero-order chi connectivity index (χ0) is 13.4. The molecule has 0 aliphatic carbocycles. The number of hydrogen-bond acceptors (Lipinski definition) is 6. The lowest BCUT2D eigenvalue weighted by molar-refractivity contribution is 0.564. The Hall–Kier alpha value is -0.480. The van der Waals surface area contributed by atoms with Gasteiger partial charge in [-0.05, 0) is 18.6 Å². The maximum atomic E-state index is 12.0. The van der Waals surface area contributed by atoms with Crippen molar-refractivity contribution in [3.05, 3.63) is 17.0 Å². The summed E-state index contributed by atoms with van der Waals surface area (Å²) < 4.78 is 49.1. The van der Waals surface area contributed by atoms with Crippen molar-refractivity contribution in [1.82, 2.24) is 4.72 Å². The van der Waals surface area contributed by atoms with Crippen LogP contribution in [0.4, 0.5) is 0 Å². The molecular weight excluding hydrogens is 296 g/mol. The minimum absolute atomic E-state index is 0.0404. The first-order valence-electron chi connectivity index (χ1n) is 5.34. The van der Waals surface area contributed by atoms with Crippen LogP contribution in [0.3, 0.4) is 0 Å². The summed E-state index contributed by atoms with van der Waals surface area (Å²) in [5.41, 5.74) is 5.42. The van der Waals surface area contributed by atoms with Crippen molar-refractivity contribution in [3.8, 4) is 0 Å². The van der Waals surface area contributed by atoms with Crippen LogP contribution in [0.2, 0.25) is 0 Å². The number of rotatable bonds is 4. The predicted molar refractivity (Wildman–Crippen MR) is 69.6 cm³/mol. The van der Waals surface area contributed by atoms with Crippen LogP contribution in [0.15, 0.2) is 16.3 Å². The van der Waals surface area contributed by atoms with Gasteiger partial charge in [-0.1, -0.05) is 0 Å². The second-order valence-electron chi connectivity index (χ2n) is 4.15. The molecule has 0 saturated carbocycles. The van der Waals surface area contributed by atoms with Gasteiger partial charge in [0.1, 0.15) is 4.21 Å². The molecule has 2 rings (SSSR count). The average Bonchev–Trinajstić information content (AvgIpc) is 2.84. The largest absolute Gasteiger partial charge is 0.326 e. The summed E-state index contributed by atoms with van der Waals surface area (Å²) in [6.45, 7) is 0.290. The number of nitrogens with one attached hydrogen (secondary N) is 1. The highest BCUT2D eigenvalue weighted by atomic mass is 32.2. The van der Waals surface area contributed by atoms with E-state index in [4.69, 9.17) is 5.73 Å². The van der Waals surface area contributed by atoms with E-state index in [0.29, 0.717) is 6.42 Å². The lowest BCUT2D eigenvalue weighted by atomic mass is 10.3. The fraction of sp³-hybridized carbons (Fsp3) is 0.556. The molecule has 0 amide bonds. The lowest BCUT2D eigenvalue weighted by Gasteiger charge is -2.09. The molecule has 1 atom stereocenters. The molecule has 18 heavy (non-hydrogen) atoms. The molecule has 1 aromatic heterocycles. The summed E-state index contributed by atoms with van der Waals surface area (Å²) in [4.78, 5) is 0.773. The van der Waals surface area contributed by atoms with Gasteiger partial charge < -0.3 is 5.73 Å². The van der Waals surface area contributed by atoms with Crippen LogP contribution in [-0.4, -0.2) is 34.4 Å². The monoisotopic (exact) mass is 310 g/mol. The Bertz CT molecular complexity index is 633. The first-order valence-corrected chi connectivity index (χ1v) is 9.46. The Balaban J connectivity index is 2.13. The van der Waals surface area contributed by atoms with E-state index >= 15 is 0 Å². The van der Waals surface area contributed by atoms with Gasteiger partial charge in [-0.25, -0.2) is 21.6 Å². The van der Waals surface area contributed by atoms with Crippen molar-refractivity contribution in [2.24, 2.45) is 5.73 Å². The normalized spacial score (nSPS) is 23.3. The van der Waals surface area contributed by atoms with Crippen LogP contribution in [0.1, 0.15) is 11.3 Å². The maximum absolute atomic E-state index is 12.0. The van der Waals surface area contributed by atoms with E-state index in [1.165, 1.54) is 6.07 Å². The molecule has 0 bridgehead atoms. The van der Waals surface area contributed by atoms with Crippen molar-refractivity contribution in [3.63, 3.8) is 0 Å². The second-order valence-corrected chi connectivity index (χ2v) is 9.48. The van der Waals surface area contributed by atoms with Gasteiger partial charge >= 0.3 is 0 Å². The minimum Gasteiger partial charge on any atom is -0.326 e. The molecule has 1 fully saturated rings. The summed E-state index contributed by atoms with van der Waals surface area (Å²) in [5.74, 6) is -0.0833. The Morgan fingerprint density at radius 3 is 2.67 bits per heavy atom. The van der Waals surface area contributed by atoms with Gasteiger partial charge in [0.05, 0.1) is 11.5 Å². The SMILES string of the molecule is NCc1ccc(S(=O)(=O)NC2CCS(=O)(=O)C2)s1. The van der Waals surface area contributed by atoms with Crippen molar-refractivity contribution >= 4 is 31.2 Å². The van der Waals surface area contributed by atoms with Gasteiger partial charge in [-0.3, -0.25) is 0 Å². The predicted octanol–water partition coefficient (Wildman–Crippen LogP) is -0.328. The molecule has 0 aromatic carbocycles. The highest BCUT2D eigenvalue weighted by molar-refractivity contribution is 7.92. The van der Waals surface area contributed by atoms with E-state index in [-0.39, 0.29) is 22.3 Å².